The summed E-state index contributed by atoms with van der Waals surface area (Å²) >= 11 is 0. The molecule has 166 valence electrons. The smallest absolute Gasteiger partial charge is 0.243 e. The summed E-state index contributed by atoms with van der Waals surface area (Å²) in [5.41, 5.74) is 2.44. The topological polar surface area (TPSA) is 79.6 Å². The van der Waals surface area contributed by atoms with E-state index in [0.717, 1.165) is 23.4 Å². The van der Waals surface area contributed by atoms with Crippen molar-refractivity contribution in [3.05, 3.63) is 47.7 Å². The largest absolute Gasteiger partial charge is 0.311 e. The first-order valence-electron chi connectivity index (χ1n) is 10.8. The van der Waals surface area contributed by atoms with Crippen LogP contribution in [0.5, 0.6) is 0 Å². The zero-order valence-electron chi connectivity index (χ0n) is 19.4. The number of rotatable bonds is 5. The van der Waals surface area contributed by atoms with E-state index in [1.807, 2.05) is 61.9 Å². The molecule has 0 saturated heterocycles. The third-order valence-electron chi connectivity index (χ3n) is 5.14. The first kappa shape index (κ1) is 22.7. The average Bonchev–Trinajstić information content (AvgIpc) is 3.34. The predicted octanol–water partition coefficient (Wildman–Crippen LogP) is 4.29. The van der Waals surface area contributed by atoms with Crippen molar-refractivity contribution in [2.45, 2.75) is 71.8 Å². The lowest BCUT2D eigenvalue weighted by Gasteiger charge is -2.23. The Hall–Kier alpha value is -2.96. The summed E-state index contributed by atoms with van der Waals surface area (Å²) < 4.78 is 1.84. The number of benzene rings is 1. The van der Waals surface area contributed by atoms with Gasteiger partial charge in [0.25, 0.3) is 0 Å². The van der Waals surface area contributed by atoms with Crippen molar-refractivity contribution in [2.24, 2.45) is 5.10 Å². The average molecular weight is 424 g/mol. The number of carbonyl (C=O) groups is 2. The van der Waals surface area contributed by atoms with Crippen LogP contribution >= 0.6 is 0 Å². The van der Waals surface area contributed by atoms with Gasteiger partial charge in [0.05, 0.1) is 23.5 Å². The molecule has 0 bridgehead atoms. The summed E-state index contributed by atoms with van der Waals surface area (Å²) in [5, 5.41) is 13.6. The number of aromatic nitrogens is 2. The van der Waals surface area contributed by atoms with Gasteiger partial charge in [0, 0.05) is 30.7 Å². The lowest BCUT2D eigenvalue weighted by Crippen LogP contribution is -2.28. The van der Waals surface area contributed by atoms with Crippen LogP contribution in [0.1, 0.15) is 72.1 Å². The van der Waals surface area contributed by atoms with E-state index in [1.165, 1.54) is 5.01 Å². The van der Waals surface area contributed by atoms with E-state index < -0.39 is 0 Å². The van der Waals surface area contributed by atoms with Crippen molar-refractivity contribution in [1.82, 2.24) is 14.8 Å². The number of nitrogens with zero attached hydrogens (tertiary/aromatic N) is 4. The molecular formula is C24H33N5O2. The SMILES string of the molecule is CC(C)(C)c1cc(NC(=O)CCC(=O)N2CCC(c3ccccc3)=N2)n(C(C)(C)C)n1. The molecular weight excluding hydrogens is 390 g/mol. The number of anilines is 1. The second-order valence-electron chi connectivity index (χ2n) is 9.98. The quantitative estimate of drug-likeness (QED) is 0.779. The van der Waals surface area contributed by atoms with E-state index in [1.54, 1.807) is 0 Å². The highest BCUT2D eigenvalue weighted by atomic mass is 16.2. The number of hydrazone groups is 1. The van der Waals surface area contributed by atoms with E-state index in [0.29, 0.717) is 12.4 Å². The molecule has 0 unspecified atom stereocenters. The Morgan fingerprint density at radius 1 is 1.03 bits per heavy atom. The monoisotopic (exact) mass is 423 g/mol. The van der Waals surface area contributed by atoms with Crippen LogP contribution in [0.15, 0.2) is 41.5 Å². The predicted molar refractivity (Wildman–Crippen MR) is 123 cm³/mol. The zero-order chi connectivity index (χ0) is 22.8. The minimum atomic E-state index is -0.278. The second kappa shape index (κ2) is 8.65. The molecule has 0 aliphatic carbocycles. The van der Waals surface area contributed by atoms with Crippen LogP contribution in [0.25, 0.3) is 0 Å². The Kier molecular flexibility index (Phi) is 6.34. The molecule has 0 spiro atoms. The Morgan fingerprint density at radius 2 is 1.71 bits per heavy atom. The van der Waals surface area contributed by atoms with Gasteiger partial charge in [-0.25, -0.2) is 9.69 Å². The minimum absolute atomic E-state index is 0.103. The van der Waals surface area contributed by atoms with Crippen LogP contribution in [0.3, 0.4) is 0 Å². The maximum Gasteiger partial charge on any atom is 0.243 e. The van der Waals surface area contributed by atoms with Crippen LogP contribution in [0, 0.1) is 0 Å². The fourth-order valence-electron chi connectivity index (χ4n) is 3.37. The van der Waals surface area contributed by atoms with E-state index in [9.17, 15) is 9.59 Å². The highest BCUT2D eigenvalue weighted by Gasteiger charge is 2.26. The maximum absolute atomic E-state index is 12.6. The zero-order valence-corrected chi connectivity index (χ0v) is 19.4. The van der Waals surface area contributed by atoms with Crippen molar-refractivity contribution in [1.29, 1.82) is 0 Å². The van der Waals surface area contributed by atoms with Crippen LogP contribution in [0.2, 0.25) is 0 Å². The first-order valence-corrected chi connectivity index (χ1v) is 10.8. The molecule has 1 N–H and O–H groups in total. The lowest BCUT2D eigenvalue weighted by atomic mass is 9.92. The molecule has 0 fully saturated rings. The van der Waals surface area contributed by atoms with Crippen LogP contribution in [-0.2, 0) is 20.5 Å². The number of carbonyl (C=O) groups excluding carboxylic acids is 2. The van der Waals surface area contributed by atoms with Crippen molar-refractivity contribution in [3.8, 4) is 0 Å². The molecule has 0 saturated carbocycles. The molecule has 1 aliphatic rings. The Labute approximate surface area is 184 Å². The van der Waals surface area contributed by atoms with Gasteiger partial charge in [0.15, 0.2) is 0 Å². The van der Waals surface area contributed by atoms with E-state index in [4.69, 9.17) is 5.10 Å². The van der Waals surface area contributed by atoms with Crippen molar-refractivity contribution >= 4 is 23.3 Å². The molecule has 0 atom stereocenters. The van der Waals surface area contributed by atoms with E-state index in [-0.39, 0.29) is 35.6 Å². The third kappa shape index (κ3) is 5.60. The molecule has 2 heterocycles. The van der Waals surface area contributed by atoms with Gasteiger partial charge in [-0.1, -0.05) is 51.1 Å². The van der Waals surface area contributed by atoms with Gasteiger partial charge < -0.3 is 5.32 Å². The molecule has 1 aliphatic heterocycles. The summed E-state index contributed by atoms with van der Waals surface area (Å²) in [6.07, 6.45) is 0.946. The number of hydrogen-bond donors (Lipinski definition) is 1. The molecule has 7 nitrogen and oxygen atoms in total. The number of nitrogens with one attached hydrogen (secondary N) is 1. The standard InChI is InChI=1S/C24H33N5O2/c1-23(2,3)19-16-20(29(27-19)24(4,5)6)25-21(30)12-13-22(31)28-15-14-18(26-28)17-10-8-7-9-11-17/h7-11,16H,12-15H2,1-6H3,(H,25,30). The summed E-state index contributed by atoms with van der Waals surface area (Å²) in [5.74, 6) is 0.312. The molecule has 1 aromatic heterocycles. The Bertz CT molecular complexity index is 978. The summed E-state index contributed by atoms with van der Waals surface area (Å²) in [4.78, 5) is 25.2. The summed E-state index contributed by atoms with van der Waals surface area (Å²) in [6.45, 7) is 13.0. The van der Waals surface area contributed by atoms with Gasteiger partial charge in [-0.05, 0) is 26.3 Å². The number of amides is 2. The Balaban J connectivity index is 1.61. The van der Waals surface area contributed by atoms with Gasteiger partial charge >= 0.3 is 0 Å². The van der Waals surface area contributed by atoms with Gasteiger partial charge in [-0.15, -0.1) is 0 Å². The molecule has 7 heteroatoms. The lowest BCUT2D eigenvalue weighted by molar-refractivity contribution is -0.132. The fraction of sp³-hybridized carbons (Fsp3) is 0.500. The fourth-order valence-corrected chi connectivity index (χ4v) is 3.37. The van der Waals surface area contributed by atoms with Crippen LogP contribution < -0.4 is 5.32 Å². The summed E-state index contributed by atoms with van der Waals surface area (Å²) in [6, 6.07) is 11.8. The van der Waals surface area contributed by atoms with E-state index >= 15 is 0 Å². The minimum Gasteiger partial charge on any atom is -0.311 e. The van der Waals surface area contributed by atoms with E-state index in [2.05, 4.69) is 31.2 Å². The van der Waals surface area contributed by atoms with Gasteiger partial charge in [-0.2, -0.15) is 10.2 Å². The summed E-state index contributed by atoms with van der Waals surface area (Å²) in [7, 11) is 0. The van der Waals surface area contributed by atoms with Gasteiger partial charge in [-0.3, -0.25) is 9.59 Å². The van der Waals surface area contributed by atoms with Crippen molar-refractivity contribution in [3.63, 3.8) is 0 Å². The molecule has 31 heavy (non-hydrogen) atoms. The van der Waals surface area contributed by atoms with Gasteiger partial charge in [0.1, 0.15) is 5.82 Å². The van der Waals surface area contributed by atoms with Crippen molar-refractivity contribution < 1.29 is 9.59 Å². The molecule has 3 rings (SSSR count). The van der Waals surface area contributed by atoms with Crippen LogP contribution in [0.4, 0.5) is 5.82 Å². The normalized spacial score (nSPS) is 14.5. The molecule has 2 amide bonds. The van der Waals surface area contributed by atoms with Crippen LogP contribution in [-0.4, -0.2) is 38.9 Å². The van der Waals surface area contributed by atoms with Crippen molar-refractivity contribution in [2.75, 3.05) is 11.9 Å². The molecule has 0 radical (unpaired) electrons. The molecule has 2 aromatic rings. The number of hydrogen-bond acceptors (Lipinski definition) is 4. The highest BCUT2D eigenvalue weighted by Crippen LogP contribution is 2.28. The second-order valence-corrected chi connectivity index (χ2v) is 9.98. The van der Waals surface area contributed by atoms with Gasteiger partial charge in [0.2, 0.25) is 11.8 Å². The molecule has 1 aromatic carbocycles. The first-order chi connectivity index (χ1) is 14.4. The highest BCUT2D eigenvalue weighted by molar-refractivity contribution is 6.02. The third-order valence-corrected chi connectivity index (χ3v) is 5.14. The maximum atomic E-state index is 12.6. The Morgan fingerprint density at radius 3 is 2.32 bits per heavy atom.